The molecule has 1 unspecified atom stereocenters. The third kappa shape index (κ3) is 5.71. The number of hydrogen-bond donors (Lipinski definition) is 1. The van der Waals surface area contributed by atoms with Crippen LogP contribution < -0.4 is 5.32 Å². The molecule has 1 aliphatic rings. The van der Waals surface area contributed by atoms with E-state index in [1.165, 1.54) is 12.0 Å². The van der Waals surface area contributed by atoms with E-state index in [1.807, 2.05) is 0 Å². The summed E-state index contributed by atoms with van der Waals surface area (Å²) < 4.78 is 51.0. The Bertz CT molecular complexity index is 805. The summed E-state index contributed by atoms with van der Waals surface area (Å²) in [6.45, 7) is 2.98. The van der Waals surface area contributed by atoms with Crippen molar-refractivity contribution in [3.05, 3.63) is 35.1 Å². The number of nitrogens with zero attached hydrogens (tertiary/aromatic N) is 1. The number of hydrogen-bond acceptors (Lipinski definition) is 5. The van der Waals surface area contributed by atoms with Crippen LogP contribution >= 0.6 is 0 Å². The number of amides is 2. The molecule has 0 bridgehead atoms. The number of carbonyl (C=O) groups is 3. The smallest absolute Gasteiger partial charge is 0.331 e. The van der Waals surface area contributed by atoms with Crippen molar-refractivity contribution in [3.63, 3.8) is 0 Å². The lowest BCUT2D eigenvalue weighted by Crippen LogP contribution is -2.50. The minimum atomic E-state index is -1.35. The Labute approximate surface area is 172 Å². The Balaban J connectivity index is 2.09. The maximum Gasteiger partial charge on any atom is 0.331 e. The summed E-state index contributed by atoms with van der Waals surface area (Å²) in [4.78, 5) is 38.0. The van der Waals surface area contributed by atoms with E-state index in [9.17, 15) is 27.6 Å². The van der Waals surface area contributed by atoms with Crippen molar-refractivity contribution in [2.45, 2.75) is 57.8 Å². The average molecular weight is 430 g/mol. The summed E-state index contributed by atoms with van der Waals surface area (Å²) in [5, 5.41) is 2.54. The van der Waals surface area contributed by atoms with Crippen molar-refractivity contribution in [2.24, 2.45) is 0 Å². The molecule has 3 atom stereocenters. The summed E-state index contributed by atoms with van der Waals surface area (Å²) in [5.74, 6) is -5.10. The lowest BCUT2D eigenvalue weighted by molar-refractivity contribution is -0.151. The third-order valence-corrected chi connectivity index (χ3v) is 4.98. The topological polar surface area (TPSA) is 84.9 Å². The molecular formula is C20H25F3N2O5. The fraction of sp³-hybridized carbons (Fsp3) is 0.550. The molecule has 166 valence electrons. The van der Waals surface area contributed by atoms with Crippen LogP contribution in [0.15, 0.2) is 12.1 Å². The van der Waals surface area contributed by atoms with Gasteiger partial charge in [0.25, 0.3) is 0 Å². The van der Waals surface area contributed by atoms with E-state index in [1.54, 1.807) is 13.8 Å². The van der Waals surface area contributed by atoms with Gasteiger partial charge in [-0.15, -0.1) is 0 Å². The van der Waals surface area contributed by atoms with Gasteiger partial charge in [0.15, 0.2) is 17.7 Å². The zero-order valence-electron chi connectivity index (χ0n) is 17.0. The first kappa shape index (κ1) is 23.7. The van der Waals surface area contributed by atoms with Gasteiger partial charge in [0, 0.05) is 44.2 Å². The number of rotatable bonds is 9. The zero-order valence-corrected chi connectivity index (χ0v) is 17.0. The summed E-state index contributed by atoms with van der Waals surface area (Å²) >= 11 is 0. The maximum absolute atomic E-state index is 14.0. The van der Waals surface area contributed by atoms with Gasteiger partial charge >= 0.3 is 5.97 Å². The molecule has 1 saturated heterocycles. The number of ether oxygens (including phenoxy) is 2. The molecule has 30 heavy (non-hydrogen) atoms. The highest BCUT2D eigenvalue weighted by molar-refractivity contribution is 5.86. The minimum absolute atomic E-state index is 0.118. The van der Waals surface area contributed by atoms with Crippen molar-refractivity contribution in [1.82, 2.24) is 10.2 Å². The first-order valence-corrected chi connectivity index (χ1v) is 9.59. The highest BCUT2D eigenvalue weighted by Crippen LogP contribution is 2.26. The van der Waals surface area contributed by atoms with Crippen molar-refractivity contribution in [1.29, 1.82) is 0 Å². The van der Waals surface area contributed by atoms with E-state index >= 15 is 0 Å². The first-order valence-electron chi connectivity index (χ1n) is 9.59. The number of esters is 1. The quantitative estimate of drug-likeness (QED) is 0.479. The Morgan fingerprint density at radius 3 is 2.63 bits per heavy atom. The molecule has 1 aromatic carbocycles. The van der Waals surface area contributed by atoms with Crippen LogP contribution in [0.5, 0.6) is 0 Å². The van der Waals surface area contributed by atoms with Gasteiger partial charge in [-0.25, -0.2) is 18.0 Å². The van der Waals surface area contributed by atoms with Gasteiger partial charge in [-0.2, -0.15) is 0 Å². The molecule has 0 aromatic heterocycles. The summed E-state index contributed by atoms with van der Waals surface area (Å²) in [5.41, 5.74) is -0.314. The standard InChI is InChI=1S/C20H25F3N2O5/c1-4-30-20(28)19(11(2)29-3)24-16(26)9-14-5-6-17(27)25(14)10-12-7-13(21)8-15(22)18(12)23/h7-8,11,14,19H,4-6,9-10H2,1-3H3,(H,24,26)/t11-,14+,19?/m1/s1. The van der Waals surface area contributed by atoms with Crippen LogP contribution in [0.2, 0.25) is 0 Å². The SMILES string of the molecule is CCOC(=O)C(NC(=O)C[C@@H]1CCC(=O)N1Cc1cc(F)cc(F)c1F)[C@@H](C)OC. The van der Waals surface area contributed by atoms with Crippen LogP contribution in [-0.2, 0) is 30.4 Å². The molecule has 2 rings (SSSR count). The predicted octanol–water partition coefficient (Wildman–Crippen LogP) is 2.07. The van der Waals surface area contributed by atoms with Crippen molar-refractivity contribution in [3.8, 4) is 0 Å². The van der Waals surface area contributed by atoms with Crippen LogP contribution in [0.3, 0.4) is 0 Å². The number of nitrogens with one attached hydrogen (secondary N) is 1. The monoisotopic (exact) mass is 430 g/mol. The molecule has 1 fully saturated rings. The second kappa shape index (κ2) is 10.4. The molecule has 0 aliphatic carbocycles. The van der Waals surface area contributed by atoms with Crippen LogP contribution in [0.1, 0.15) is 38.7 Å². The van der Waals surface area contributed by atoms with Crippen molar-refractivity contribution >= 4 is 17.8 Å². The van der Waals surface area contributed by atoms with Gasteiger partial charge in [0.2, 0.25) is 11.8 Å². The lowest BCUT2D eigenvalue weighted by Gasteiger charge is -2.27. The van der Waals surface area contributed by atoms with Gasteiger partial charge < -0.3 is 19.7 Å². The molecule has 7 nitrogen and oxygen atoms in total. The number of halogens is 3. The molecule has 1 aromatic rings. The maximum atomic E-state index is 14.0. The molecule has 1 aliphatic heterocycles. The molecule has 0 radical (unpaired) electrons. The van der Waals surface area contributed by atoms with Gasteiger partial charge in [0.1, 0.15) is 5.82 Å². The summed E-state index contributed by atoms with van der Waals surface area (Å²) in [7, 11) is 1.38. The van der Waals surface area contributed by atoms with E-state index in [-0.39, 0.29) is 37.5 Å². The largest absolute Gasteiger partial charge is 0.464 e. The second-order valence-electron chi connectivity index (χ2n) is 7.02. The molecule has 10 heteroatoms. The molecule has 1 N–H and O–H groups in total. The second-order valence-corrected chi connectivity index (χ2v) is 7.02. The van der Waals surface area contributed by atoms with Crippen LogP contribution in [-0.4, -0.2) is 54.6 Å². The van der Waals surface area contributed by atoms with E-state index in [0.717, 1.165) is 6.07 Å². The van der Waals surface area contributed by atoms with Gasteiger partial charge in [-0.3, -0.25) is 9.59 Å². The van der Waals surface area contributed by atoms with Crippen LogP contribution in [0.25, 0.3) is 0 Å². The van der Waals surface area contributed by atoms with Crippen molar-refractivity contribution < 1.29 is 37.0 Å². The summed E-state index contributed by atoms with van der Waals surface area (Å²) in [6, 6.07) is -0.410. The molecule has 0 saturated carbocycles. The van der Waals surface area contributed by atoms with Crippen LogP contribution in [0.4, 0.5) is 13.2 Å². The number of benzene rings is 1. The fourth-order valence-electron chi connectivity index (χ4n) is 3.31. The molecule has 2 amide bonds. The minimum Gasteiger partial charge on any atom is -0.464 e. The van der Waals surface area contributed by atoms with Gasteiger partial charge in [-0.05, 0) is 26.3 Å². The normalized spacial score (nSPS) is 18.3. The van der Waals surface area contributed by atoms with E-state index in [4.69, 9.17) is 9.47 Å². The Kier molecular flexibility index (Phi) is 8.22. The summed E-state index contributed by atoms with van der Waals surface area (Å²) in [6.07, 6.45) is -0.390. The number of likely N-dealkylation sites (tertiary alicyclic amines) is 1. The van der Waals surface area contributed by atoms with Crippen LogP contribution in [0, 0.1) is 17.5 Å². The first-order chi connectivity index (χ1) is 14.2. The number of carbonyl (C=O) groups excluding carboxylic acids is 3. The molecule has 0 spiro atoms. The Morgan fingerprint density at radius 1 is 1.30 bits per heavy atom. The highest BCUT2D eigenvalue weighted by Gasteiger charge is 2.35. The average Bonchev–Trinajstić information content (AvgIpc) is 3.02. The molecule has 1 heterocycles. The Morgan fingerprint density at radius 2 is 2.00 bits per heavy atom. The van der Waals surface area contributed by atoms with Crippen molar-refractivity contribution in [2.75, 3.05) is 13.7 Å². The number of methoxy groups -OCH3 is 1. The zero-order chi connectivity index (χ0) is 22.4. The predicted molar refractivity (Wildman–Crippen MR) is 99.5 cm³/mol. The lowest BCUT2D eigenvalue weighted by atomic mass is 10.1. The van der Waals surface area contributed by atoms with Gasteiger partial charge in [0.05, 0.1) is 12.7 Å². The fourth-order valence-corrected chi connectivity index (χ4v) is 3.31. The third-order valence-electron chi connectivity index (χ3n) is 4.98. The van der Waals surface area contributed by atoms with Gasteiger partial charge in [-0.1, -0.05) is 0 Å². The van der Waals surface area contributed by atoms with E-state index in [2.05, 4.69) is 5.32 Å². The van der Waals surface area contributed by atoms with E-state index < -0.39 is 47.5 Å². The highest BCUT2D eigenvalue weighted by atomic mass is 19.2. The molecular weight excluding hydrogens is 405 g/mol. The van der Waals surface area contributed by atoms with E-state index in [0.29, 0.717) is 12.5 Å². The Hall–Kier alpha value is -2.62.